The van der Waals surface area contributed by atoms with Gasteiger partial charge < -0.3 is 16.0 Å². The van der Waals surface area contributed by atoms with Crippen LogP contribution in [0, 0.1) is 23.7 Å². The fraction of sp³-hybridized carbons (Fsp3) is 0.889. The molecule has 0 atom stereocenters. The molecule has 0 aromatic rings. The molecule has 0 radical (unpaired) electrons. The lowest BCUT2D eigenvalue weighted by Gasteiger charge is -2.56. The average Bonchev–Trinajstić information content (AvgIpc) is 2.45. The number of quaternary nitrogens is 1. The molecule has 1 heterocycles. The molecule has 0 aromatic heterocycles. The van der Waals surface area contributed by atoms with E-state index in [9.17, 15) is 9.59 Å². The molecule has 2 amide bonds. The summed E-state index contributed by atoms with van der Waals surface area (Å²) >= 11 is 0. The minimum Gasteiger partial charge on any atom is -0.369 e. The summed E-state index contributed by atoms with van der Waals surface area (Å²) in [5.74, 6) is 2.65. The van der Waals surface area contributed by atoms with Gasteiger partial charge in [-0.1, -0.05) is 0 Å². The zero-order valence-corrected chi connectivity index (χ0v) is 14.0. The molecule has 4 bridgehead atoms. The van der Waals surface area contributed by atoms with E-state index in [4.69, 9.17) is 5.73 Å². The molecule has 5 rings (SSSR count). The van der Waals surface area contributed by atoms with E-state index in [0.29, 0.717) is 6.54 Å². The first-order chi connectivity index (χ1) is 11.0. The number of hydrogen-bond acceptors (Lipinski definition) is 2. The summed E-state index contributed by atoms with van der Waals surface area (Å²) in [5.41, 5.74) is 5.50. The molecule has 0 spiro atoms. The Kier molecular flexibility index (Phi) is 3.87. The van der Waals surface area contributed by atoms with Gasteiger partial charge in [0.25, 0.3) is 5.91 Å². The van der Waals surface area contributed by atoms with Crippen LogP contribution in [0.2, 0.25) is 0 Å². The molecule has 5 aliphatic rings. The first-order valence-corrected chi connectivity index (χ1v) is 9.45. The smallest absolute Gasteiger partial charge is 0.275 e. The van der Waals surface area contributed by atoms with Crippen molar-refractivity contribution in [3.63, 3.8) is 0 Å². The highest BCUT2D eigenvalue weighted by atomic mass is 16.2. The number of likely N-dealkylation sites (tertiary alicyclic amines) is 1. The van der Waals surface area contributed by atoms with Gasteiger partial charge in [0, 0.05) is 24.3 Å². The molecule has 1 aliphatic heterocycles. The zero-order valence-electron chi connectivity index (χ0n) is 14.0. The van der Waals surface area contributed by atoms with E-state index >= 15 is 0 Å². The average molecular weight is 320 g/mol. The minimum absolute atomic E-state index is 0.0185. The Bertz CT molecular complexity index is 461. The van der Waals surface area contributed by atoms with Crippen molar-refractivity contribution in [3.05, 3.63) is 0 Å². The van der Waals surface area contributed by atoms with Crippen LogP contribution in [0.15, 0.2) is 0 Å². The van der Waals surface area contributed by atoms with Crippen LogP contribution >= 0.6 is 0 Å². The number of hydrogen-bond donors (Lipinski definition) is 3. The number of primary amides is 1. The van der Waals surface area contributed by atoms with Crippen LogP contribution in [-0.4, -0.2) is 37.0 Å². The lowest BCUT2D eigenvalue weighted by Crippen LogP contribution is -3.14. The largest absolute Gasteiger partial charge is 0.369 e. The Hall–Kier alpha value is -1.10. The number of nitrogens with one attached hydrogen (secondary N) is 2. The molecular formula is C18H30N3O2+. The summed E-state index contributed by atoms with van der Waals surface area (Å²) in [4.78, 5) is 25.1. The minimum atomic E-state index is -0.179. The third-order valence-corrected chi connectivity index (χ3v) is 6.95. The highest BCUT2D eigenvalue weighted by molar-refractivity contribution is 5.78. The van der Waals surface area contributed by atoms with Crippen molar-refractivity contribution in [1.29, 1.82) is 0 Å². The number of carbonyl (C=O) groups excluding carboxylic acids is 2. The molecular weight excluding hydrogens is 290 g/mol. The summed E-state index contributed by atoms with van der Waals surface area (Å²) in [6, 6.07) is 0. The molecule has 0 unspecified atom stereocenters. The lowest BCUT2D eigenvalue weighted by molar-refractivity contribution is -0.897. The van der Waals surface area contributed by atoms with Crippen LogP contribution in [0.4, 0.5) is 0 Å². The normalized spacial score (nSPS) is 45.0. The highest BCUT2D eigenvalue weighted by Crippen LogP contribution is 2.55. The van der Waals surface area contributed by atoms with E-state index in [2.05, 4.69) is 5.32 Å². The Morgan fingerprint density at radius 2 is 1.52 bits per heavy atom. The maximum atomic E-state index is 12.6. The van der Waals surface area contributed by atoms with Gasteiger partial charge in [-0.25, -0.2) is 0 Å². The molecule has 5 fully saturated rings. The molecule has 5 heteroatoms. The molecule has 23 heavy (non-hydrogen) atoms. The first kappa shape index (κ1) is 15.4. The SMILES string of the molecule is NC(=O)C1CC[NH+](CC(=O)NC23CC4CC(CC(C4)C2)C3)CC1. The standard InChI is InChI=1S/C18H29N3O2/c19-17(23)15-1-3-21(4-2-15)11-16(22)20-18-8-12-5-13(9-18)7-14(6-12)10-18/h12-15H,1-11H2,(H2,19,23)(H,20,22)/p+1. The highest BCUT2D eigenvalue weighted by Gasteiger charge is 2.51. The van der Waals surface area contributed by atoms with Gasteiger partial charge in [-0.15, -0.1) is 0 Å². The number of piperidine rings is 1. The molecule has 4 aliphatic carbocycles. The van der Waals surface area contributed by atoms with Gasteiger partial charge in [0.2, 0.25) is 5.91 Å². The van der Waals surface area contributed by atoms with Gasteiger partial charge in [-0.3, -0.25) is 9.59 Å². The Morgan fingerprint density at radius 1 is 1.00 bits per heavy atom. The van der Waals surface area contributed by atoms with Crippen molar-refractivity contribution >= 4 is 11.8 Å². The van der Waals surface area contributed by atoms with E-state index in [1.165, 1.54) is 43.4 Å². The summed E-state index contributed by atoms with van der Waals surface area (Å²) in [5, 5.41) is 3.45. The van der Waals surface area contributed by atoms with E-state index in [0.717, 1.165) is 43.7 Å². The van der Waals surface area contributed by atoms with Crippen molar-refractivity contribution in [2.24, 2.45) is 29.4 Å². The predicted octanol–water partition coefficient (Wildman–Crippen LogP) is -0.148. The van der Waals surface area contributed by atoms with Gasteiger partial charge in [0.05, 0.1) is 13.1 Å². The van der Waals surface area contributed by atoms with E-state index < -0.39 is 0 Å². The maximum Gasteiger partial charge on any atom is 0.275 e. The molecule has 128 valence electrons. The van der Waals surface area contributed by atoms with Crippen LogP contribution in [-0.2, 0) is 9.59 Å². The van der Waals surface area contributed by atoms with Crippen LogP contribution in [0.1, 0.15) is 51.4 Å². The number of carbonyl (C=O) groups is 2. The number of rotatable bonds is 4. The summed E-state index contributed by atoms with van der Waals surface area (Å²) < 4.78 is 0. The van der Waals surface area contributed by atoms with Gasteiger partial charge in [-0.05, 0) is 56.3 Å². The monoisotopic (exact) mass is 320 g/mol. The molecule has 1 saturated heterocycles. The number of nitrogens with two attached hydrogens (primary N) is 1. The van der Waals surface area contributed by atoms with Crippen molar-refractivity contribution in [3.8, 4) is 0 Å². The Labute approximate surface area is 138 Å². The van der Waals surface area contributed by atoms with Crippen molar-refractivity contribution < 1.29 is 14.5 Å². The zero-order chi connectivity index (χ0) is 16.0. The van der Waals surface area contributed by atoms with Crippen LogP contribution < -0.4 is 16.0 Å². The second-order valence-electron chi connectivity index (χ2n) is 8.85. The van der Waals surface area contributed by atoms with Gasteiger partial charge in [0.15, 0.2) is 6.54 Å². The molecule has 4 saturated carbocycles. The molecule has 5 nitrogen and oxygen atoms in total. The van der Waals surface area contributed by atoms with Crippen LogP contribution in [0.25, 0.3) is 0 Å². The first-order valence-electron chi connectivity index (χ1n) is 9.45. The van der Waals surface area contributed by atoms with E-state index in [1.54, 1.807) is 0 Å². The summed E-state index contributed by atoms with van der Waals surface area (Å²) in [6.07, 6.45) is 9.51. The fourth-order valence-electron chi connectivity index (χ4n) is 6.32. The summed E-state index contributed by atoms with van der Waals surface area (Å²) in [6.45, 7) is 2.34. The second kappa shape index (κ2) is 5.76. The Morgan fingerprint density at radius 3 is 2.00 bits per heavy atom. The summed E-state index contributed by atoms with van der Waals surface area (Å²) in [7, 11) is 0. The quantitative estimate of drug-likeness (QED) is 0.674. The van der Waals surface area contributed by atoms with Crippen molar-refractivity contribution in [2.45, 2.75) is 56.9 Å². The topological polar surface area (TPSA) is 76.6 Å². The van der Waals surface area contributed by atoms with Gasteiger partial charge in [-0.2, -0.15) is 0 Å². The predicted molar refractivity (Wildman–Crippen MR) is 86.5 cm³/mol. The Balaban J connectivity index is 1.30. The fourth-order valence-corrected chi connectivity index (χ4v) is 6.32. The van der Waals surface area contributed by atoms with Crippen molar-refractivity contribution in [1.82, 2.24) is 5.32 Å². The van der Waals surface area contributed by atoms with E-state index in [1.807, 2.05) is 0 Å². The van der Waals surface area contributed by atoms with Gasteiger partial charge >= 0.3 is 0 Å². The molecule has 0 aromatic carbocycles. The number of amides is 2. The maximum absolute atomic E-state index is 12.6. The molecule has 4 N–H and O–H groups in total. The second-order valence-corrected chi connectivity index (χ2v) is 8.85. The lowest BCUT2D eigenvalue weighted by atomic mass is 9.53. The van der Waals surface area contributed by atoms with Gasteiger partial charge in [0.1, 0.15) is 0 Å². The van der Waals surface area contributed by atoms with Crippen LogP contribution in [0.3, 0.4) is 0 Å². The van der Waals surface area contributed by atoms with E-state index in [-0.39, 0.29) is 23.3 Å². The third kappa shape index (κ3) is 3.12. The van der Waals surface area contributed by atoms with Crippen LogP contribution in [0.5, 0.6) is 0 Å². The third-order valence-electron chi connectivity index (χ3n) is 6.95. The van der Waals surface area contributed by atoms with Crippen molar-refractivity contribution in [2.75, 3.05) is 19.6 Å².